The lowest BCUT2D eigenvalue weighted by Crippen LogP contribution is -2.45. The molecule has 0 spiro atoms. The molecule has 1 aromatic carbocycles. The van der Waals surface area contributed by atoms with Gasteiger partial charge in [-0.1, -0.05) is 28.9 Å². The van der Waals surface area contributed by atoms with Crippen LogP contribution in [0.4, 0.5) is 4.39 Å². The summed E-state index contributed by atoms with van der Waals surface area (Å²) in [6.45, 7) is 2.44. The molecule has 1 N–H and O–H groups in total. The van der Waals surface area contributed by atoms with Crippen LogP contribution in [0.2, 0.25) is 0 Å². The Morgan fingerprint density at radius 1 is 1.52 bits per heavy atom. The summed E-state index contributed by atoms with van der Waals surface area (Å²) in [6, 6.07) is 3.60. The molecule has 114 valence electrons. The van der Waals surface area contributed by atoms with Crippen LogP contribution in [0.25, 0.3) is 0 Å². The minimum Gasteiger partial charge on any atom is -0.481 e. The fraction of sp³-hybridized carbons (Fsp3) is 0.467. The summed E-state index contributed by atoms with van der Waals surface area (Å²) in [6.07, 6.45) is 1.29. The van der Waals surface area contributed by atoms with Crippen LogP contribution in [0.5, 0.6) is 0 Å². The zero-order chi connectivity index (χ0) is 15.6. The predicted octanol–water partition coefficient (Wildman–Crippen LogP) is 3.36. The van der Waals surface area contributed by atoms with E-state index in [1.54, 1.807) is 11.0 Å². The molecule has 0 aliphatic carbocycles. The second-order valence-corrected chi connectivity index (χ2v) is 6.04. The van der Waals surface area contributed by atoms with Crippen LogP contribution in [-0.2, 0) is 9.59 Å². The maximum atomic E-state index is 13.3. The van der Waals surface area contributed by atoms with Crippen LogP contribution in [-0.4, -0.2) is 28.4 Å². The van der Waals surface area contributed by atoms with Crippen molar-refractivity contribution < 1.29 is 19.1 Å². The van der Waals surface area contributed by atoms with Crippen molar-refractivity contribution in [3.05, 3.63) is 34.1 Å². The number of hydrogen-bond donors (Lipinski definition) is 1. The lowest BCUT2D eigenvalue weighted by atomic mass is 9.84. The Morgan fingerprint density at radius 3 is 2.81 bits per heavy atom. The highest BCUT2D eigenvalue weighted by atomic mass is 79.9. The molecule has 2 atom stereocenters. The molecule has 4 nitrogen and oxygen atoms in total. The second-order valence-electron chi connectivity index (χ2n) is 5.18. The van der Waals surface area contributed by atoms with E-state index < -0.39 is 23.7 Å². The molecule has 1 aliphatic heterocycles. The Hall–Kier alpha value is -1.43. The van der Waals surface area contributed by atoms with Crippen LogP contribution in [0, 0.1) is 11.7 Å². The van der Waals surface area contributed by atoms with Gasteiger partial charge in [0.2, 0.25) is 5.91 Å². The van der Waals surface area contributed by atoms with Gasteiger partial charge in [-0.15, -0.1) is 0 Å². The van der Waals surface area contributed by atoms with Gasteiger partial charge in [-0.05, 0) is 30.5 Å². The number of hydrogen-bond acceptors (Lipinski definition) is 2. The van der Waals surface area contributed by atoms with Gasteiger partial charge in [-0.2, -0.15) is 0 Å². The van der Waals surface area contributed by atoms with E-state index in [9.17, 15) is 19.1 Å². The fourth-order valence-corrected chi connectivity index (χ4v) is 3.43. The molecular formula is C15H17BrFNO3. The molecule has 1 fully saturated rings. The normalized spacial score (nSPS) is 22.4. The molecule has 1 amide bonds. The summed E-state index contributed by atoms with van der Waals surface area (Å²) in [7, 11) is 0. The minimum absolute atomic E-state index is 0.0458. The number of carboxylic acids is 1. The van der Waals surface area contributed by atoms with E-state index in [1.165, 1.54) is 12.1 Å². The molecule has 21 heavy (non-hydrogen) atoms. The molecule has 1 aromatic rings. The minimum atomic E-state index is -0.926. The molecule has 2 rings (SSSR count). The van der Waals surface area contributed by atoms with Crippen LogP contribution in [0.3, 0.4) is 0 Å². The van der Waals surface area contributed by atoms with Gasteiger partial charge in [0, 0.05) is 17.4 Å². The number of carbonyl (C=O) groups excluding carboxylic acids is 1. The molecule has 2 unspecified atom stereocenters. The van der Waals surface area contributed by atoms with Crippen molar-refractivity contribution in [1.29, 1.82) is 0 Å². The second kappa shape index (κ2) is 6.56. The van der Waals surface area contributed by atoms with Crippen molar-refractivity contribution >= 4 is 27.8 Å². The Labute approximate surface area is 131 Å². The molecule has 6 heteroatoms. The first kappa shape index (κ1) is 15.9. The topological polar surface area (TPSA) is 57.6 Å². The number of aliphatic carboxylic acids is 1. The third kappa shape index (κ3) is 3.26. The number of carboxylic acid groups (broad SMARTS) is 1. The van der Waals surface area contributed by atoms with Crippen molar-refractivity contribution in [2.45, 2.75) is 32.2 Å². The average molecular weight is 358 g/mol. The number of nitrogens with zero attached hydrogens (tertiary/aromatic N) is 1. The fourth-order valence-electron chi connectivity index (χ4n) is 2.84. The summed E-state index contributed by atoms with van der Waals surface area (Å²) in [5, 5.41) is 9.46. The molecule has 1 heterocycles. The highest BCUT2D eigenvalue weighted by molar-refractivity contribution is 9.10. The summed E-state index contributed by atoms with van der Waals surface area (Å²) in [5.74, 6) is -2.04. The van der Waals surface area contributed by atoms with Crippen molar-refractivity contribution in [3.63, 3.8) is 0 Å². The first-order valence-corrected chi connectivity index (χ1v) is 7.72. The molecule has 1 aliphatic rings. The van der Waals surface area contributed by atoms with E-state index in [2.05, 4.69) is 15.9 Å². The zero-order valence-corrected chi connectivity index (χ0v) is 13.3. The maximum Gasteiger partial charge on any atom is 0.308 e. The number of likely N-dealkylation sites (tertiary alicyclic amines) is 1. The van der Waals surface area contributed by atoms with Gasteiger partial charge >= 0.3 is 5.97 Å². The average Bonchev–Trinajstić information content (AvgIpc) is 2.41. The molecule has 0 bridgehead atoms. The van der Waals surface area contributed by atoms with E-state index in [0.29, 0.717) is 23.0 Å². The van der Waals surface area contributed by atoms with Crippen molar-refractivity contribution in [2.24, 2.45) is 5.92 Å². The standard InChI is InChI=1S/C15H17BrFNO3/c1-2-7-18-13(19)6-5-11(15(20)21)14(18)10-4-3-9(17)8-12(10)16/h3-4,8,11,14H,2,5-7H2,1H3,(H,20,21). The molecule has 0 aromatic heterocycles. The highest BCUT2D eigenvalue weighted by Crippen LogP contribution is 2.40. The quantitative estimate of drug-likeness (QED) is 0.898. The maximum absolute atomic E-state index is 13.3. The number of rotatable bonds is 4. The van der Waals surface area contributed by atoms with Crippen molar-refractivity contribution in [3.8, 4) is 0 Å². The van der Waals surface area contributed by atoms with Crippen LogP contribution >= 0.6 is 15.9 Å². The van der Waals surface area contributed by atoms with Gasteiger partial charge in [0.05, 0.1) is 12.0 Å². The van der Waals surface area contributed by atoms with E-state index in [4.69, 9.17) is 0 Å². The summed E-state index contributed by atoms with van der Waals surface area (Å²) < 4.78 is 13.8. The Morgan fingerprint density at radius 2 is 2.24 bits per heavy atom. The van der Waals surface area contributed by atoms with Gasteiger partial charge in [-0.3, -0.25) is 9.59 Å². The Bertz CT molecular complexity index is 564. The monoisotopic (exact) mass is 357 g/mol. The van der Waals surface area contributed by atoms with Gasteiger partial charge in [0.25, 0.3) is 0 Å². The molecule has 1 saturated heterocycles. The lowest BCUT2D eigenvalue weighted by molar-refractivity contribution is -0.152. The zero-order valence-electron chi connectivity index (χ0n) is 11.7. The Balaban J connectivity index is 2.48. The van der Waals surface area contributed by atoms with E-state index in [1.807, 2.05) is 6.92 Å². The van der Waals surface area contributed by atoms with Crippen LogP contribution < -0.4 is 0 Å². The number of piperidine rings is 1. The number of halogens is 2. The summed E-state index contributed by atoms with van der Waals surface area (Å²) in [5.41, 5.74) is 0.644. The third-order valence-electron chi connectivity index (χ3n) is 3.77. The van der Waals surface area contributed by atoms with Crippen LogP contribution in [0.15, 0.2) is 22.7 Å². The van der Waals surface area contributed by atoms with Crippen LogP contribution in [0.1, 0.15) is 37.8 Å². The van der Waals surface area contributed by atoms with E-state index >= 15 is 0 Å². The van der Waals surface area contributed by atoms with E-state index in [0.717, 1.165) is 6.42 Å². The summed E-state index contributed by atoms with van der Waals surface area (Å²) in [4.78, 5) is 25.3. The van der Waals surface area contributed by atoms with Gasteiger partial charge in [0.15, 0.2) is 0 Å². The predicted molar refractivity (Wildman–Crippen MR) is 79.2 cm³/mol. The largest absolute Gasteiger partial charge is 0.481 e. The molecule has 0 saturated carbocycles. The lowest BCUT2D eigenvalue weighted by Gasteiger charge is -2.40. The SMILES string of the molecule is CCCN1C(=O)CCC(C(=O)O)C1c1ccc(F)cc1Br. The number of amides is 1. The molecular weight excluding hydrogens is 341 g/mol. The van der Waals surface area contributed by atoms with Gasteiger partial charge in [-0.25, -0.2) is 4.39 Å². The van der Waals surface area contributed by atoms with Gasteiger partial charge in [0.1, 0.15) is 5.82 Å². The highest BCUT2D eigenvalue weighted by Gasteiger charge is 2.41. The Kier molecular flexibility index (Phi) is 4.98. The number of carbonyl (C=O) groups is 2. The van der Waals surface area contributed by atoms with Crippen molar-refractivity contribution in [2.75, 3.05) is 6.54 Å². The number of benzene rings is 1. The smallest absolute Gasteiger partial charge is 0.308 e. The first-order chi connectivity index (χ1) is 9.95. The van der Waals surface area contributed by atoms with Gasteiger partial charge < -0.3 is 10.0 Å². The first-order valence-electron chi connectivity index (χ1n) is 6.93. The van der Waals surface area contributed by atoms with E-state index in [-0.39, 0.29) is 12.3 Å². The summed E-state index contributed by atoms with van der Waals surface area (Å²) >= 11 is 3.29. The van der Waals surface area contributed by atoms with Crippen molar-refractivity contribution in [1.82, 2.24) is 4.90 Å². The third-order valence-corrected chi connectivity index (χ3v) is 4.46. The molecule has 0 radical (unpaired) electrons.